The molecule has 9 heteroatoms. The van der Waals surface area contributed by atoms with Crippen LogP contribution in [0.3, 0.4) is 0 Å². The maximum absolute atomic E-state index is 12.3. The fourth-order valence-electron chi connectivity index (χ4n) is 3.35. The van der Waals surface area contributed by atoms with Crippen molar-refractivity contribution in [3.8, 4) is 0 Å². The van der Waals surface area contributed by atoms with Gasteiger partial charge in [0, 0.05) is 70.7 Å². The summed E-state index contributed by atoms with van der Waals surface area (Å²) < 4.78 is 26.7. The van der Waals surface area contributed by atoms with Crippen LogP contribution < -0.4 is 10.0 Å². The zero-order valence-corrected chi connectivity index (χ0v) is 15.0. The maximum atomic E-state index is 12.3. The van der Waals surface area contributed by atoms with Crippen LogP contribution in [0.4, 0.5) is 0 Å². The summed E-state index contributed by atoms with van der Waals surface area (Å²) in [5.74, 6) is 0.00604. The number of hydrogen-bond acceptors (Lipinski definition) is 6. The van der Waals surface area contributed by atoms with Crippen molar-refractivity contribution in [3.63, 3.8) is 0 Å². The number of sulfonamides is 1. The van der Waals surface area contributed by atoms with E-state index in [1.165, 1.54) is 18.5 Å². The SMILES string of the molecule is O=C(CCNS(=O)(=O)c1cccnc1)N1CCC(N2CCNCC2)C1. The van der Waals surface area contributed by atoms with E-state index in [4.69, 9.17) is 0 Å². The van der Waals surface area contributed by atoms with E-state index in [0.29, 0.717) is 6.04 Å². The molecule has 3 heterocycles. The predicted octanol–water partition coefficient (Wildman–Crippen LogP) is -0.744. The Morgan fingerprint density at radius 1 is 1.32 bits per heavy atom. The molecule has 0 aliphatic carbocycles. The molecule has 0 aromatic carbocycles. The van der Waals surface area contributed by atoms with E-state index < -0.39 is 10.0 Å². The molecule has 1 aromatic heterocycles. The zero-order valence-electron chi connectivity index (χ0n) is 14.2. The van der Waals surface area contributed by atoms with Crippen molar-refractivity contribution in [2.24, 2.45) is 0 Å². The molecule has 1 amide bonds. The summed E-state index contributed by atoms with van der Waals surface area (Å²) in [6, 6.07) is 3.48. The quantitative estimate of drug-likeness (QED) is 0.688. The number of amides is 1. The summed E-state index contributed by atoms with van der Waals surface area (Å²) in [5.41, 5.74) is 0. The van der Waals surface area contributed by atoms with Gasteiger partial charge in [-0.25, -0.2) is 13.1 Å². The number of nitrogens with zero attached hydrogens (tertiary/aromatic N) is 3. The Balaban J connectivity index is 1.44. The molecule has 1 aromatic rings. The molecule has 8 nitrogen and oxygen atoms in total. The first-order chi connectivity index (χ1) is 12.1. The van der Waals surface area contributed by atoms with Crippen molar-refractivity contribution in [2.45, 2.75) is 23.8 Å². The molecule has 2 N–H and O–H groups in total. The van der Waals surface area contributed by atoms with Crippen molar-refractivity contribution in [1.82, 2.24) is 24.8 Å². The molecular weight excluding hydrogens is 342 g/mol. The molecule has 0 saturated carbocycles. The van der Waals surface area contributed by atoms with Crippen LogP contribution in [0.5, 0.6) is 0 Å². The number of pyridine rings is 1. The Kier molecular flexibility index (Phi) is 6.00. The number of carbonyl (C=O) groups excluding carboxylic acids is 1. The van der Waals surface area contributed by atoms with Gasteiger partial charge < -0.3 is 10.2 Å². The fourth-order valence-corrected chi connectivity index (χ4v) is 4.35. The van der Waals surface area contributed by atoms with Gasteiger partial charge >= 0.3 is 0 Å². The summed E-state index contributed by atoms with van der Waals surface area (Å²) in [5, 5.41) is 3.34. The first-order valence-corrected chi connectivity index (χ1v) is 10.2. The highest BCUT2D eigenvalue weighted by Gasteiger charge is 2.30. The van der Waals surface area contributed by atoms with Crippen LogP contribution >= 0.6 is 0 Å². The zero-order chi connectivity index (χ0) is 17.7. The monoisotopic (exact) mass is 367 g/mol. The Morgan fingerprint density at radius 3 is 2.84 bits per heavy atom. The lowest BCUT2D eigenvalue weighted by molar-refractivity contribution is -0.130. The van der Waals surface area contributed by atoms with Gasteiger partial charge in [-0.05, 0) is 18.6 Å². The Hall–Kier alpha value is -1.55. The molecule has 138 valence electrons. The molecule has 0 spiro atoms. The minimum atomic E-state index is -3.61. The van der Waals surface area contributed by atoms with Gasteiger partial charge in [-0.15, -0.1) is 0 Å². The molecule has 0 bridgehead atoms. The second kappa shape index (κ2) is 8.22. The molecule has 2 aliphatic heterocycles. The number of carbonyl (C=O) groups is 1. The van der Waals surface area contributed by atoms with Crippen molar-refractivity contribution in [2.75, 3.05) is 45.8 Å². The molecule has 2 saturated heterocycles. The van der Waals surface area contributed by atoms with E-state index in [-0.39, 0.29) is 23.8 Å². The average molecular weight is 367 g/mol. The fraction of sp³-hybridized carbons (Fsp3) is 0.625. The van der Waals surface area contributed by atoms with Gasteiger partial charge in [0.1, 0.15) is 4.90 Å². The van der Waals surface area contributed by atoms with Crippen LogP contribution in [-0.4, -0.2) is 81.0 Å². The first kappa shape index (κ1) is 18.2. The molecule has 3 rings (SSSR count). The van der Waals surface area contributed by atoms with Gasteiger partial charge in [0.2, 0.25) is 15.9 Å². The third-order valence-corrected chi connectivity index (χ3v) is 6.21. The van der Waals surface area contributed by atoms with Gasteiger partial charge in [0.25, 0.3) is 0 Å². The average Bonchev–Trinajstić information content (AvgIpc) is 3.13. The van der Waals surface area contributed by atoms with Crippen LogP contribution in [0.15, 0.2) is 29.4 Å². The summed E-state index contributed by atoms with van der Waals surface area (Å²) in [4.78, 5) is 20.6. The Morgan fingerprint density at radius 2 is 2.12 bits per heavy atom. The number of nitrogens with one attached hydrogen (secondary N) is 2. The van der Waals surface area contributed by atoms with Gasteiger partial charge in [-0.3, -0.25) is 14.7 Å². The normalized spacial score (nSPS) is 22.2. The number of rotatable bonds is 6. The second-order valence-electron chi connectivity index (χ2n) is 6.40. The van der Waals surface area contributed by atoms with Crippen molar-refractivity contribution >= 4 is 15.9 Å². The summed E-state index contributed by atoms with van der Waals surface area (Å²) in [6.45, 7) is 5.65. The molecule has 25 heavy (non-hydrogen) atoms. The predicted molar refractivity (Wildman–Crippen MR) is 93.5 cm³/mol. The van der Waals surface area contributed by atoms with E-state index >= 15 is 0 Å². The lowest BCUT2D eigenvalue weighted by Crippen LogP contribution is -2.49. The highest BCUT2D eigenvalue weighted by molar-refractivity contribution is 7.89. The van der Waals surface area contributed by atoms with Crippen LogP contribution in [0.25, 0.3) is 0 Å². The smallest absolute Gasteiger partial charge is 0.242 e. The minimum Gasteiger partial charge on any atom is -0.341 e. The van der Waals surface area contributed by atoms with Gasteiger partial charge in [0.05, 0.1) is 0 Å². The van der Waals surface area contributed by atoms with Gasteiger partial charge in [-0.2, -0.15) is 0 Å². The molecular formula is C16H25N5O3S. The molecule has 2 aliphatic rings. The largest absolute Gasteiger partial charge is 0.341 e. The van der Waals surface area contributed by atoms with E-state index in [0.717, 1.165) is 45.7 Å². The molecule has 1 atom stereocenters. The number of hydrogen-bond donors (Lipinski definition) is 2. The third-order valence-electron chi connectivity index (χ3n) is 4.76. The van der Waals surface area contributed by atoms with Crippen molar-refractivity contribution < 1.29 is 13.2 Å². The highest BCUT2D eigenvalue weighted by atomic mass is 32.2. The Bertz CT molecular complexity index is 676. The topological polar surface area (TPSA) is 94.6 Å². The van der Waals surface area contributed by atoms with Crippen LogP contribution in [0.1, 0.15) is 12.8 Å². The Labute approximate surface area is 148 Å². The first-order valence-electron chi connectivity index (χ1n) is 8.68. The highest BCUT2D eigenvalue weighted by Crippen LogP contribution is 2.17. The number of likely N-dealkylation sites (tertiary alicyclic amines) is 1. The lowest BCUT2D eigenvalue weighted by Gasteiger charge is -2.32. The summed E-state index contributed by atoms with van der Waals surface area (Å²) >= 11 is 0. The molecule has 0 radical (unpaired) electrons. The van der Waals surface area contributed by atoms with Crippen LogP contribution in [0, 0.1) is 0 Å². The van der Waals surface area contributed by atoms with Crippen molar-refractivity contribution in [3.05, 3.63) is 24.5 Å². The summed E-state index contributed by atoms with van der Waals surface area (Å²) in [6.07, 6.45) is 3.98. The minimum absolute atomic E-state index is 0.00604. The number of piperazine rings is 1. The lowest BCUT2D eigenvalue weighted by atomic mass is 10.2. The van der Waals surface area contributed by atoms with Gasteiger partial charge in [-0.1, -0.05) is 0 Å². The van der Waals surface area contributed by atoms with E-state index in [1.807, 2.05) is 4.90 Å². The van der Waals surface area contributed by atoms with E-state index in [2.05, 4.69) is 19.9 Å². The maximum Gasteiger partial charge on any atom is 0.242 e. The molecule has 1 unspecified atom stereocenters. The molecule has 2 fully saturated rings. The van der Waals surface area contributed by atoms with Crippen molar-refractivity contribution in [1.29, 1.82) is 0 Å². The third kappa shape index (κ3) is 4.75. The van der Waals surface area contributed by atoms with Gasteiger partial charge in [0.15, 0.2) is 0 Å². The summed E-state index contributed by atoms with van der Waals surface area (Å²) in [7, 11) is -3.61. The van der Waals surface area contributed by atoms with Crippen LogP contribution in [-0.2, 0) is 14.8 Å². The van der Waals surface area contributed by atoms with Crippen LogP contribution in [0.2, 0.25) is 0 Å². The standard InChI is InChI=1S/C16H25N5O3S/c22-16(3-6-19-25(23,24)15-2-1-5-18-12-15)21-9-4-14(13-21)20-10-7-17-8-11-20/h1-2,5,12,14,17,19H,3-4,6-11,13H2. The number of aromatic nitrogens is 1. The van der Waals surface area contributed by atoms with E-state index in [9.17, 15) is 13.2 Å². The van der Waals surface area contributed by atoms with E-state index in [1.54, 1.807) is 6.07 Å². The second-order valence-corrected chi connectivity index (χ2v) is 8.17.